The van der Waals surface area contributed by atoms with E-state index < -0.39 is 12.1 Å². The van der Waals surface area contributed by atoms with Crippen LogP contribution < -0.4 is 11.1 Å². The molecule has 2 aromatic carbocycles. The van der Waals surface area contributed by atoms with Crippen LogP contribution in [-0.2, 0) is 22.4 Å². The van der Waals surface area contributed by atoms with Crippen molar-refractivity contribution in [3.8, 4) is 0 Å². The summed E-state index contributed by atoms with van der Waals surface area (Å²) < 4.78 is 0. The molecule has 0 fully saturated rings. The van der Waals surface area contributed by atoms with Crippen LogP contribution >= 0.6 is 0 Å². The highest BCUT2D eigenvalue weighted by molar-refractivity contribution is 5.84. The summed E-state index contributed by atoms with van der Waals surface area (Å²) in [6.07, 6.45) is 2.14. The molecular weight excluding hydrogens is 304 g/mol. The molecule has 0 aliphatic rings. The average molecular weight is 324 g/mol. The van der Waals surface area contributed by atoms with Gasteiger partial charge in [0.05, 0.1) is 12.1 Å². The van der Waals surface area contributed by atoms with Gasteiger partial charge >= 0.3 is 0 Å². The lowest BCUT2D eigenvalue weighted by Crippen LogP contribution is -2.47. The summed E-state index contributed by atoms with van der Waals surface area (Å²) in [7, 11) is 0. The van der Waals surface area contributed by atoms with Crippen molar-refractivity contribution in [2.75, 3.05) is 0 Å². The van der Waals surface area contributed by atoms with Crippen LogP contribution in [0.4, 0.5) is 0 Å². The van der Waals surface area contributed by atoms with E-state index in [0.717, 1.165) is 17.4 Å². The zero-order valence-corrected chi connectivity index (χ0v) is 13.2. The highest BCUT2D eigenvalue weighted by Crippen LogP contribution is 2.07. The molecule has 0 saturated heterocycles. The van der Waals surface area contributed by atoms with Crippen LogP contribution in [0.3, 0.4) is 0 Å². The van der Waals surface area contributed by atoms with Crippen LogP contribution in [0.5, 0.6) is 0 Å². The van der Waals surface area contributed by atoms with E-state index in [1.165, 1.54) is 0 Å². The van der Waals surface area contributed by atoms with Gasteiger partial charge in [0.2, 0.25) is 5.91 Å². The number of rotatable bonds is 8. The molecule has 2 atom stereocenters. The summed E-state index contributed by atoms with van der Waals surface area (Å²) >= 11 is 0. The lowest BCUT2D eigenvalue weighted by molar-refractivity contribution is -0.125. The summed E-state index contributed by atoms with van der Waals surface area (Å²) in [6, 6.07) is 15.0. The van der Waals surface area contributed by atoms with Crippen molar-refractivity contribution < 1.29 is 14.4 Å². The standard InChI is InChI=1S/C19H20N2O3/c20-18(11-14-5-2-1-3-6-14)19(24)21-17(13-23)10-15-7-4-8-16(9-15)12-22/h1-9,12-13,17-18H,10-11,20H2,(H,21,24)/t17-,18-/m0/s1. The molecule has 0 spiro atoms. The smallest absolute Gasteiger partial charge is 0.237 e. The van der Waals surface area contributed by atoms with Gasteiger partial charge in [-0.25, -0.2) is 0 Å². The Hall–Kier alpha value is -2.79. The minimum absolute atomic E-state index is 0.314. The molecule has 0 aliphatic heterocycles. The molecule has 0 radical (unpaired) electrons. The highest BCUT2D eigenvalue weighted by Gasteiger charge is 2.18. The Kier molecular flexibility index (Phi) is 6.40. The first-order chi connectivity index (χ1) is 11.6. The molecular formula is C19H20N2O3. The van der Waals surface area contributed by atoms with E-state index >= 15 is 0 Å². The van der Waals surface area contributed by atoms with Gasteiger partial charge in [0.25, 0.3) is 0 Å². The fraction of sp³-hybridized carbons (Fsp3) is 0.211. The molecule has 3 N–H and O–H groups in total. The predicted molar refractivity (Wildman–Crippen MR) is 91.6 cm³/mol. The number of hydrogen-bond acceptors (Lipinski definition) is 4. The van der Waals surface area contributed by atoms with Crippen molar-refractivity contribution in [3.05, 3.63) is 71.3 Å². The van der Waals surface area contributed by atoms with E-state index in [1.54, 1.807) is 24.3 Å². The summed E-state index contributed by atoms with van der Waals surface area (Å²) in [5, 5.41) is 2.65. The number of aldehydes is 2. The summed E-state index contributed by atoms with van der Waals surface area (Å²) in [6.45, 7) is 0. The predicted octanol–water partition coefficient (Wildman–Crippen LogP) is 1.30. The number of benzene rings is 2. The topological polar surface area (TPSA) is 89.3 Å². The van der Waals surface area contributed by atoms with E-state index in [2.05, 4.69) is 5.32 Å². The molecule has 2 aromatic rings. The Labute approximate surface area is 140 Å². The maximum atomic E-state index is 12.2. The molecule has 0 saturated carbocycles. The van der Waals surface area contributed by atoms with Gasteiger partial charge in [0, 0.05) is 5.56 Å². The Morgan fingerprint density at radius 3 is 2.38 bits per heavy atom. The molecule has 0 unspecified atom stereocenters. The van der Waals surface area contributed by atoms with Crippen LogP contribution in [0, 0.1) is 0 Å². The first-order valence-corrected chi connectivity index (χ1v) is 7.71. The molecule has 1 amide bonds. The number of nitrogens with two attached hydrogens (primary N) is 1. The minimum Gasteiger partial charge on any atom is -0.345 e. The molecule has 0 heterocycles. The number of amides is 1. The Morgan fingerprint density at radius 1 is 1.00 bits per heavy atom. The second-order valence-electron chi connectivity index (χ2n) is 5.61. The Bertz CT molecular complexity index is 701. The second-order valence-corrected chi connectivity index (χ2v) is 5.61. The Morgan fingerprint density at radius 2 is 1.71 bits per heavy atom. The molecule has 0 aliphatic carbocycles. The largest absolute Gasteiger partial charge is 0.345 e. The normalized spacial score (nSPS) is 12.9. The summed E-state index contributed by atoms with van der Waals surface area (Å²) in [5.41, 5.74) is 8.21. The van der Waals surface area contributed by atoms with Gasteiger partial charge in [-0.3, -0.25) is 9.59 Å². The maximum Gasteiger partial charge on any atom is 0.237 e. The number of hydrogen-bond donors (Lipinski definition) is 2. The van der Waals surface area contributed by atoms with Crippen molar-refractivity contribution in [3.63, 3.8) is 0 Å². The second kappa shape index (κ2) is 8.74. The van der Waals surface area contributed by atoms with Crippen LogP contribution in [0.25, 0.3) is 0 Å². The highest BCUT2D eigenvalue weighted by atomic mass is 16.2. The lowest BCUT2D eigenvalue weighted by Gasteiger charge is -2.17. The van der Waals surface area contributed by atoms with Gasteiger partial charge in [-0.1, -0.05) is 48.5 Å². The Balaban J connectivity index is 1.94. The van der Waals surface area contributed by atoms with Crippen LogP contribution in [0.2, 0.25) is 0 Å². The molecule has 2 rings (SSSR count). The van der Waals surface area contributed by atoms with Crippen LogP contribution in [0.15, 0.2) is 54.6 Å². The first-order valence-electron chi connectivity index (χ1n) is 7.71. The van der Waals surface area contributed by atoms with E-state index in [9.17, 15) is 14.4 Å². The third kappa shape index (κ3) is 5.14. The van der Waals surface area contributed by atoms with Gasteiger partial charge < -0.3 is 15.8 Å². The number of carbonyl (C=O) groups excluding carboxylic acids is 3. The fourth-order valence-corrected chi connectivity index (χ4v) is 2.43. The monoisotopic (exact) mass is 324 g/mol. The molecule has 124 valence electrons. The number of carbonyl (C=O) groups is 3. The molecule has 24 heavy (non-hydrogen) atoms. The van der Waals surface area contributed by atoms with Crippen molar-refractivity contribution >= 4 is 18.5 Å². The van der Waals surface area contributed by atoms with E-state index in [0.29, 0.717) is 24.7 Å². The van der Waals surface area contributed by atoms with Gasteiger partial charge in [-0.05, 0) is 30.0 Å². The van der Waals surface area contributed by atoms with Crippen LogP contribution in [0.1, 0.15) is 21.5 Å². The molecule has 0 aromatic heterocycles. The van der Waals surface area contributed by atoms with Crippen molar-refractivity contribution in [1.82, 2.24) is 5.32 Å². The zero-order valence-electron chi connectivity index (χ0n) is 13.2. The van der Waals surface area contributed by atoms with Gasteiger partial charge in [-0.15, -0.1) is 0 Å². The number of nitrogens with one attached hydrogen (secondary N) is 1. The molecule has 0 bridgehead atoms. The summed E-state index contributed by atoms with van der Waals surface area (Å²) in [4.78, 5) is 34.2. The third-order valence-corrected chi connectivity index (χ3v) is 3.67. The average Bonchev–Trinajstić information content (AvgIpc) is 2.62. The van der Waals surface area contributed by atoms with Crippen molar-refractivity contribution in [1.29, 1.82) is 0 Å². The van der Waals surface area contributed by atoms with E-state index in [-0.39, 0.29) is 5.91 Å². The third-order valence-electron chi connectivity index (χ3n) is 3.67. The molecule has 5 nitrogen and oxygen atoms in total. The minimum atomic E-state index is -0.726. The lowest BCUT2D eigenvalue weighted by atomic mass is 10.0. The van der Waals surface area contributed by atoms with Crippen molar-refractivity contribution in [2.24, 2.45) is 5.73 Å². The van der Waals surface area contributed by atoms with E-state index in [1.807, 2.05) is 30.3 Å². The molecule has 5 heteroatoms. The van der Waals surface area contributed by atoms with Gasteiger partial charge in [-0.2, -0.15) is 0 Å². The summed E-state index contributed by atoms with van der Waals surface area (Å²) in [5.74, 6) is -0.373. The quantitative estimate of drug-likeness (QED) is 0.716. The SMILES string of the molecule is N[C@@H](Cc1ccccc1)C(=O)N[C@H](C=O)Cc1cccc(C=O)c1. The maximum absolute atomic E-state index is 12.2. The van der Waals surface area contributed by atoms with Gasteiger partial charge in [0.15, 0.2) is 0 Å². The van der Waals surface area contributed by atoms with E-state index in [4.69, 9.17) is 5.73 Å². The van der Waals surface area contributed by atoms with Crippen molar-refractivity contribution in [2.45, 2.75) is 24.9 Å². The zero-order chi connectivity index (χ0) is 17.4. The van der Waals surface area contributed by atoms with Gasteiger partial charge in [0.1, 0.15) is 12.6 Å². The fourth-order valence-electron chi connectivity index (χ4n) is 2.43. The van der Waals surface area contributed by atoms with Crippen LogP contribution in [-0.4, -0.2) is 30.6 Å². The first kappa shape index (κ1) is 17.6.